The summed E-state index contributed by atoms with van der Waals surface area (Å²) in [7, 11) is 0. The lowest BCUT2D eigenvalue weighted by atomic mass is 10.2. The van der Waals surface area contributed by atoms with Gasteiger partial charge in [-0.1, -0.05) is 0 Å². The van der Waals surface area contributed by atoms with Crippen molar-refractivity contribution in [3.8, 4) is 0 Å². The Labute approximate surface area is 138 Å². The second-order valence-corrected chi connectivity index (χ2v) is 5.75. The highest BCUT2D eigenvalue weighted by Crippen LogP contribution is 2.28. The van der Waals surface area contributed by atoms with E-state index in [2.05, 4.69) is 10.6 Å². The molecule has 23 heavy (non-hydrogen) atoms. The first-order chi connectivity index (χ1) is 11.1. The molecule has 0 spiro atoms. The molecular weight excluding hydrogens is 316 g/mol. The fourth-order valence-corrected chi connectivity index (χ4v) is 2.92. The second-order valence-electron chi connectivity index (χ2n) is 4.66. The molecule has 1 aromatic heterocycles. The van der Waals surface area contributed by atoms with Gasteiger partial charge in [-0.2, -0.15) is 0 Å². The van der Waals surface area contributed by atoms with Crippen molar-refractivity contribution in [3.05, 3.63) is 29.1 Å². The Morgan fingerprint density at radius 2 is 2.00 bits per heavy atom. The van der Waals surface area contributed by atoms with E-state index in [9.17, 15) is 9.59 Å². The normalized spacial score (nSPS) is 10.5. The molecule has 0 bridgehead atoms. The largest absolute Gasteiger partial charge is 0.462 e. The number of esters is 1. The topological polar surface area (TPSA) is 76.7 Å². The van der Waals surface area contributed by atoms with E-state index in [4.69, 9.17) is 9.47 Å². The number of carbonyl (C=O) groups is 2. The van der Waals surface area contributed by atoms with Crippen molar-refractivity contribution in [2.75, 3.05) is 31.7 Å². The van der Waals surface area contributed by atoms with Crippen LogP contribution in [0.3, 0.4) is 0 Å². The number of rotatable bonds is 7. The van der Waals surface area contributed by atoms with Crippen LogP contribution in [-0.2, 0) is 9.47 Å². The molecule has 2 amide bonds. The summed E-state index contributed by atoms with van der Waals surface area (Å²) in [5, 5.41) is 6.36. The van der Waals surface area contributed by atoms with Gasteiger partial charge in [0.05, 0.1) is 13.2 Å². The molecule has 0 atom stereocenters. The van der Waals surface area contributed by atoms with E-state index in [1.807, 2.05) is 19.1 Å². The third kappa shape index (κ3) is 4.94. The molecule has 6 nitrogen and oxygen atoms in total. The molecule has 1 heterocycles. The molecule has 2 aromatic rings. The van der Waals surface area contributed by atoms with E-state index >= 15 is 0 Å². The molecule has 0 radical (unpaired) electrons. The lowest BCUT2D eigenvalue weighted by Gasteiger charge is -2.07. The van der Waals surface area contributed by atoms with Gasteiger partial charge in [-0.15, -0.1) is 11.3 Å². The number of amides is 2. The van der Waals surface area contributed by atoms with Crippen molar-refractivity contribution < 1.29 is 19.1 Å². The average molecular weight is 336 g/mol. The maximum Gasteiger partial charge on any atom is 0.348 e. The van der Waals surface area contributed by atoms with Gasteiger partial charge in [0.2, 0.25) is 0 Å². The number of nitrogens with one attached hydrogen (secondary N) is 2. The molecule has 2 rings (SSSR count). The van der Waals surface area contributed by atoms with E-state index in [-0.39, 0.29) is 12.0 Å². The number of ether oxygens (including phenoxy) is 2. The molecule has 0 unspecified atom stereocenters. The summed E-state index contributed by atoms with van der Waals surface area (Å²) >= 11 is 1.37. The van der Waals surface area contributed by atoms with Gasteiger partial charge in [-0.25, -0.2) is 9.59 Å². The first-order valence-corrected chi connectivity index (χ1v) is 8.29. The number of thiophene rings is 1. The van der Waals surface area contributed by atoms with Crippen molar-refractivity contribution in [2.45, 2.75) is 13.8 Å². The van der Waals surface area contributed by atoms with Crippen LogP contribution in [0.5, 0.6) is 0 Å². The number of hydrogen-bond donors (Lipinski definition) is 2. The van der Waals surface area contributed by atoms with E-state index in [0.29, 0.717) is 36.9 Å². The third-order valence-electron chi connectivity index (χ3n) is 2.99. The number of fused-ring (bicyclic) bond motifs is 1. The van der Waals surface area contributed by atoms with Gasteiger partial charge in [0.25, 0.3) is 0 Å². The molecule has 124 valence electrons. The van der Waals surface area contributed by atoms with Crippen LogP contribution in [0.2, 0.25) is 0 Å². The van der Waals surface area contributed by atoms with Crippen LogP contribution in [0.25, 0.3) is 10.1 Å². The van der Waals surface area contributed by atoms with Gasteiger partial charge < -0.3 is 20.1 Å². The number of benzene rings is 1. The number of hydrogen-bond acceptors (Lipinski definition) is 5. The lowest BCUT2D eigenvalue weighted by Crippen LogP contribution is -2.31. The van der Waals surface area contributed by atoms with Crippen molar-refractivity contribution in [1.82, 2.24) is 5.32 Å². The van der Waals surface area contributed by atoms with Gasteiger partial charge in [0.15, 0.2) is 0 Å². The Morgan fingerprint density at radius 3 is 2.74 bits per heavy atom. The zero-order valence-electron chi connectivity index (χ0n) is 13.2. The number of anilines is 1. The predicted molar refractivity (Wildman–Crippen MR) is 91.3 cm³/mol. The van der Waals surface area contributed by atoms with E-state index in [1.165, 1.54) is 11.3 Å². The summed E-state index contributed by atoms with van der Waals surface area (Å²) in [6.07, 6.45) is 0. The van der Waals surface area contributed by atoms with Gasteiger partial charge in [-0.3, -0.25) is 0 Å². The average Bonchev–Trinajstić information content (AvgIpc) is 2.95. The first-order valence-electron chi connectivity index (χ1n) is 7.47. The minimum Gasteiger partial charge on any atom is -0.462 e. The molecule has 0 fully saturated rings. The minimum atomic E-state index is -0.322. The van der Waals surface area contributed by atoms with Gasteiger partial charge in [0.1, 0.15) is 4.88 Å². The summed E-state index contributed by atoms with van der Waals surface area (Å²) in [6, 6.07) is 6.99. The minimum absolute atomic E-state index is 0.287. The Kier molecular flexibility index (Phi) is 6.37. The third-order valence-corrected chi connectivity index (χ3v) is 4.08. The number of urea groups is 1. The zero-order chi connectivity index (χ0) is 16.7. The van der Waals surface area contributed by atoms with Crippen molar-refractivity contribution >= 4 is 39.1 Å². The molecule has 0 aliphatic carbocycles. The van der Waals surface area contributed by atoms with Gasteiger partial charge >= 0.3 is 12.0 Å². The van der Waals surface area contributed by atoms with Crippen LogP contribution < -0.4 is 10.6 Å². The summed E-state index contributed by atoms with van der Waals surface area (Å²) in [6.45, 7) is 5.59. The fraction of sp³-hybridized carbons (Fsp3) is 0.375. The Bertz CT molecular complexity index is 684. The highest BCUT2D eigenvalue weighted by Gasteiger charge is 2.11. The molecule has 1 aromatic carbocycles. The molecule has 0 aliphatic rings. The molecule has 0 saturated heterocycles. The van der Waals surface area contributed by atoms with Crippen molar-refractivity contribution in [1.29, 1.82) is 0 Å². The molecule has 0 aliphatic heterocycles. The van der Waals surface area contributed by atoms with Gasteiger partial charge in [0, 0.05) is 23.5 Å². The van der Waals surface area contributed by atoms with Crippen LogP contribution in [0.4, 0.5) is 10.5 Å². The Morgan fingerprint density at radius 1 is 1.17 bits per heavy atom. The monoisotopic (exact) mass is 336 g/mol. The SMILES string of the molecule is CCOCCNC(=O)Nc1ccc2sc(C(=O)OCC)cc2c1. The van der Waals surface area contributed by atoms with Crippen LogP contribution in [0, 0.1) is 0 Å². The lowest BCUT2D eigenvalue weighted by molar-refractivity contribution is 0.0532. The Balaban J connectivity index is 1.99. The first kappa shape index (κ1) is 17.2. The zero-order valence-corrected chi connectivity index (χ0v) is 14.0. The van der Waals surface area contributed by atoms with E-state index in [1.54, 1.807) is 19.1 Å². The fourth-order valence-electron chi connectivity index (χ4n) is 1.98. The standard InChI is InChI=1S/C16H20N2O4S/c1-3-21-8-7-17-16(20)18-12-5-6-13-11(9-12)10-14(23-13)15(19)22-4-2/h5-6,9-10H,3-4,7-8H2,1-2H3,(H2,17,18,20). The number of carbonyl (C=O) groups excluding carboxylic acids is 2. The smallest absolute Gasteiger partial charge is 0.348 e. The highest BCUT2D eigenvalue weighted by molar-refractivity contribution is 7.20. The molecular formula is C16H20N2O4S. The highest BCUT2D eigenvalue weighted by atomic mass is 32.1. The molecule has 7 heteroatoms. The summed E-state index contributed by atoms with van der Waals surface area (Å²) in [5.41, 5.74) is 0.666. The van der Waals surface area contributed by atoms with Crippen LogP contribution >= 0.6 is 11.3 Å². The second kappa shape index (κ2) is 8.50. The summed E-state index contributed by atoms with van der Waals surface area (Å²) in [5.74, 6) is -0.322. The molecule has 0 saturated carbocycles. The summed E-state index contributed by atoms with van der Waals surface area (Å²) in [4.78, 5) is 24.1. The van der Waals surface area contributed by atoms with Crippen LogP contribution in [0.1, 0.15) is 23.5 Å². The quantitative estimate of drug-likeness (QED) is 0.601. The maximum absolute atomic E-state index is 11.8. The van der Waals surface area contributed by atoms with Crippen molar-refractivity contribution in [3.63, 3.8) is 0 Å². The maximum atomic E-state index is 11.8. The van der Waals surface area contributed by atoms with Crippen LogP contribution in [-0.4, -0.2) is 38.4 Å². The Hall–Kier alpha value is -2.12. The predicted octanol–water partition coefficient (Wildman–Crippen LogP) is 3.24. The van der Waals surface area contributed by atoms with Gasteiger partial charge in [-0.05, 0) is 43.5 Å². The van der Waals surface area contributed by atoms with E-state index in [0.717, 1.165) is 10.1 Å². The summed E-state index contributed by atoms with van der Waals surface area (Å²) < 4.78 is 11.1. The van der Waals surface area contributed by atoms with Crippen molar-refractivity contribution in [2.24, 2.45) is 0 Å². The van der Waals surface area contributed by atoms with E-state index < -0.39 is 0 Å². The molecule has 2 N–H and O–H groups in total. The van der Waals surface area contributed by atoms with Crippen LogP contribution in [0.15, 0.2) is 24.3 Å².